The summed E-state index contributed by atoms with van der Waals surface area (Å²) >= 11 is 0. The molecule has 1 aliphatic heterocycles. The van der Waals surface area contributed by atoms with Crippen molar-refractivity contribution in [2.75, 3.05) is 11.5 Å². The number of amides is 1. The number of ketones is 1. The van der Waals surface area contributed by atoms with Crippen molar-refractivity contribution in [3.05, 3.63) is 66.2 Å². The molecule has 0 radical (unpaired) electrons. The zero-order valence-corrected chi connectivity index (χ0v) is 13.2. The van der Waals surface area contributed by atoms with E-state index in [-0.39, 0.29) is 6.61 Å². The topological polar surface area (TPSA) is 63.7 Å². The minimum absolute atomic E-state index is 0.156. The third kappa shape index (κ3) is 2.69. The van der Waals surface area contributed by atoms with Crippen LogP contribution in [0.5, 0.6) is 0 Å². The number of anilines is 1. The first-order valence-corrected chi connectivity index (χ1v) is 7.79. The Morgan fingerprint density at radius 1 is 1.00 bits per heavy atom. The Bertz CT molecular complexity index is 757. The Labute approximate surface area is 139 Å². The normalized spacial score (nSPS) is 20.3. The fourth-order valence-electron chi connectivity index (χ4n) is 3.00. The predicted molar refractivity (Wildman–Crippen MR) is 88.2 cm³/mol. The quantitative estimate of drug-likeness (QED) is 0.493. The van der Waals surface area contributed by atoms with Crippen molar-refractivity contribution in [3.63, 3.8) is 0 Å². The van der Waals surface area contributed by atoms with Crippen molar-refractivity contribution in [1.82, 2.24) is 0 Å². The molecule has 2 atom stereocenters. The van der Waals surface area contributed by atoms with Gasteiger partial charge in [-0.15, -0.1) is 0 Å². The molecule has 1 aliphatic rings. The van der Waals surface area contributed by atoms with Crippen LogP contribution in [0, 0.1) is 5.92 Å². The smallest absolute Gasteiger partial charge is 0.319 e. The van der Waals surface area contributed by atoms with Crippen LogP contribution in [-0.4, -0.2) is 24.3 Å². The van der Waals surface area contributed by atoms with Gasteiger partial charge in [-0.05, 0) is 24.6 Å². The highest BCUT2D eigenvalue weighted by atomic mass is 16.5. The number of carbonyl (C=O) groups is 3. The summed E-state index contributed by atoms with van der Waals surface area (Å²) in [6.07, 6.45) is 0. The molecule has 3 rings (SSSR count). The van der Waals surface area contributed by atoms with Crippen molar-refractivity contribution >= 4 is 23.3 Å². The summed E-state index contributed by atoms with van der Waals surface area (Å²) in [4.78, 5) is 38.8. The summed E-state index contributed by atoms with van der Waals surface area (Å²) in [7, 11) is 0. The number of hydrogen-bond donors (Lipinski definition) is 0. The number of rotatable bonds is 4. The maximum atomic E-state index is 12.6. The van der Waals surface area contributed by atoms with Crippen molar-refractivity contribution in [1.29, 1.82) is 0 Å². The molecule has 5 nitrogen and oxygen atoms in total. The first kappa shape index (κ1) is 15.9. The lowest BCUT2D eigenvalue weighted by atomic mass is 9.93. The average Bonchev–Trinajstić information content (AvgIpc) is 2.88. The van der Waals surface area contributed by atoms with Crippen LogP contribution < -0.4 is 4.90 Å². The second-order valence-electron chi connectivity index (χ2n) is 5.46. The molecule has 0 bridgehead atoms. The van der Waals surface area contributed by atoms with Crippen molar-refractivity contribution < 1.29 is 19.1 Å². The zero-order valence-electron chi connectivity index (χ0n) is 13.2. The molecule has 0 saturated carbocycles. The van der Waals surface area contributed by atoms with Crippen LogP contribution in [0.25, 0.3) is 0 Å². The van der Waals surface area contributed by atoms with E-state index in [0.29, 0.717) is 5.69 Å². The average molecular weight is 323 g/mol. The molecule has 5 heteroatoms. The van der Waals surface area contributed by atoms with E-state index < -0.39 is 29.6 Å². The molecule has 122 valence electrons. The highest BCUT2D eigenvalue weighted by Crippen LogP contribution is 2.40. The molecule has 1 fully saturated rings. The van der Waals surface area contributed by atoms with Gasteiger partial charge < -0.3 is 4.74 Å². The van der Waals surface area contributed by atoms with Crippen LogP contribution in [0.1, 0.15) is 18.5 Å². The molecular weight excluding hydrogens is 306 g/mol. The third-order valence-corrected chi connectivity index (χ3v) is 4.02. The van der Waals surface area contributed by atoms with Gasteiger partial charge in [0.2, 0.25) is 5.78 Å². The van der Waals surface area contributed by atoms with Gasteiger partial charge in [0.05, 0.1) is 12.6 Å². The van der Waals surface area contributed by atoms with Crippen molar-refractivity contribution in [3.8, 4) is 0 Å². The van der Waals surface area contributed by atoms with Gasteiger partial charge in [-0.2, -0.15) is 0 Å². The number of nitrogens with zero attached hydrogens (tertiary/aromatic N) is 1. The Morgan fingerprint density at radius 2 is 1.58 bits per heavy atom. The van der Waals surface area contributed by atoms with Crippen LogP contribution in [0.2, 0.25) is 0 Å². The summed E-state index contributed by atoms with van der Waals surface area (Å²) < 4.78 is 5.04. The summed E-state index contributed by atoms with van der Waals surface area (Å²) in [5.74, 6) is -3.23. The van der Waals surface area contributed by atoms with Gasteiger partial charge in [0.15, 0.2) is 0 Å². The molecule has 24 heavy (non-hydrogen) atoms. The number of carbonyl (C=O) groups excluding carboxylic acids is 3. The Hall–Kier alpha value is -2.95. The maximum absolute atomic E-state index is 12.6. The lowest BCUT2D eigenvalue weighted by molar-refractivity contribution is -0.152. The van der Waals surface area contributed by atoms with E-state index >= 15 is 0 Å². The lowest BCUT2D eigenvalue weighted by Gasteiger charge is -2.26. The van der Waals surface area contributed by atoms with E-state index in [1.54, 1.807) is 43.3 Å². The van der Waals surface area contributed by atoms with Crippen LogP contribution in [0.3, 0.4) is 0 Å². The summed E-state index contributed by atoms with van der Waals surface area (Å²) in [6, 6.07) is 17.3. The van der Waals surface area contributed by atoms with E-state index in [2.05, 4.69) is 0 Å². The van der Waals surface area contributed by atoms with E-state index in [9.17, 15) is 14.4 Å². The summed E-state index contributed by atoms with van der Waals surface area (Å²) in [5.41, 5.74) is 1.30. The highest BCUT2D eigenvalue weighted by molar-refractivity contribution is 6.47. The fourth-order valence-corrected chi connectivity index (χ4v) is 3.00. The largest absolute Gasteiger partial charge is 0.465 e. The molecule has 1 amide bonds. The minimum Gasteiger partial charge on any atom is -0.465 e. The van der Waals surface area contributed by atoms with Gasteiger partial charge in [0.25, 0.3) is 5.91 Å². The Balaban J connectivity index is 2.11. The van der Waals surface area contributed by atoms with Gasteiger partial charge in [0, 0.05) is 5.69 Å². The van der Waals surface area contributed by atoms with Gasteiger partial charge in [0.1, 0.15) is 5.92 Å². The predicted octanol–water partition coefficient (Wildman–Crippen LogP) is 2.52. The maximum Gasteiger partial charge on any atom is 0.319 e. The molecule has 0 aromatic heterocycles. The number of Topliss-reactive ketones (excluding diaryl/α,β-unsaturated/α-hetero) is 1. The summed E-state index contributed by atoms with van der Waals surface area (Å²) in [5, 5.41) is 0. The number of hydrogen-bond acceptors (Lipinski definition) is 4. The van der Waals surface area contributed by atoms with Crippen LogP contribution >= 0.6 is 0 Å². The second-order valence-corrected chi connectivity index (χ2v) is 5.46. The molecule has 0 spiro atoms. The van der Waals surface area contributed by atoms with Crippen LogP contribution in [0.4, 0.5) is 5.69 Å². The fraction of sp³-hybridized carbons (Fsp3) is 0.211. The Kier molecular flexibility index (Phi) is 4.42. The highest BCUT2D eigenvalue weighted by Gasteiger charge is 2.53. The SMILES string of the molecule is CCOC(=O)[C@H]1C(=O)C(=O)N(c2ccccc2)[C@@H]1c1ccccc1. The van der Waals surface area contributed by atoms with Crippen molar-refractivity contribution in [2.45, 2.75) is 13.0 Å². The molecule has 0 unspecified atom stereocenters. The van der Waals surface area contributed by atoms with E-state index in [1.165, 1.54) is 4.90 Å². The zero-order chi connectivity index (χ0) is 17.1. The van der Waals surface area contributed by atoms with Gasteiger partial charge in [-0.3, -0.25) is 19.3 Å². The van der Waals surface area contributed by atoms with E-state index in [0.717, 1.165) is 5.56 Å². The molecule has 1 heterocycles. The number of para-hydroxylation sites is 1. The summed E-state index contributed by atoms with van der Waals surface area (Å²) in [6.45, 7) is 1.83. The van der Waals surface area contributed by atoms with Crippen molar-refractivity contribution in [2.24, 2.45) is 5.92 Å². The first-order chi connectivity index (χ1) is 11.6. The second kappa shape index (κ2) is 6.66. The molecule has 2 aromatic carbocycles. The monoisotopic (exact) mass is 323 g/mol. The molecule has 1 saturated heterocycles. The van der Waals surface area contributed by atoms with Gasteiger partial charge >= 0.3 is 5.97 Å². The first-order valence-electron chi connectivity index (χ1n) is 7.79. The number of ether oxygens (including phenoxy) is 1. The van der Waals surface area contributed by atoms with E-state index in [4.69, 9.17) is 4.74 Å². The Morgan fingerprint density at radius 3 is 2.17 bits per heavy atom. The standard InChI is InChI=1S/C19H17NO4/c1-2-24-19(23)15-16(13-9-5-3-6-10-13)20(18(22)17(15)21)14-11-7-4-8-12-14/h3-12,15-16H,2H2,1H3/t15-,16-/m1/s1. The molecular formula is C19H17NO4. The van der Waals surface area contributed by atoms with Crippen LogP contribution in [0.15, 0.2) is 60.7 Å². The minimum atomic E-state index is -1.15. The lowest BCUT2D eigenvalue weighted by Crippen LogP contribution is -2.31. The molecule has 0 aliphatic carbocycles. The molecule has 2 aromatic rings. The molecule has 0 N–H and O–H groups in total. The van der Waals surface area contributed by atoms with Gasteiger partial charge in [-0.25, -0.2) is 0 Å². The van der Waals surface area contributed by atoms with Crippen LogP contribution in [-0.2, 0) is 19.1 Å². The van der Waals surface area contributed by atoms with E-state index in [1.807, 2.05) is 24.3 Å². The van der Waals surface area contributed by atoms with Gasteiger partial charge in [-0.1, -0.05) is 48.5 Å². The third-order valence-electron chi connectivity index (χ3n) is 4.02. The number of esters is 1. The number of benzene rings is 2.